The molecule has 2 nitrogen and oxygen atoms in total. The SMILES string of the molecule is CC(C)(CO)CCC(C)(C)CO. The second-order valence-electron chi connectivity index (χ2n) is 5.14. The van der Waals surface area contributed by atoms with Gasteiger partial charge >= 0.3 is 0 Å². The van der Waals surface area contributed by atoms with E-state index in [1.54, 1.807) is 0 Å². The third kappa shape index (κ3) is 4.73. The van der Waals surface area contributed by atoms with Gasteiger partial charge < -0.3 is 10.2 Å². The lowest BCUT2D eigenvalue weighted by Crippen LogP contribution is -2.23. The fourth-order valence-corrected chi connectivity index (χ4v) is 0.835. The van der Waals surface area contributed by atoms with Gasteiger partial charge in [0, 0.05) is 13.2 Å². The van der Waals surface area contributed by atoms with Gasteiger partial charge in [0.05, 0.1) is 0 Å². The van der Waals surface area contributed by atoms with E-state index < -0.39 is 0 Å². The Bertz CT molecular complexity index is 112. The van der Waals surface area contributed by atoms with E-state index in [1.165, 1.54) is 0 Å². The van der Waals surface area contributed by atoms with Crippen molar-refractivity contribution in [3.63, 3.8) is 0 Å². The summed E-state index contributed by atoms with van der Waals surface area (Å²) in [5.41, 5.74) is -0.0150. The maximum atomic E-state index is 9.00. The summed E-state index contributed by atoms with van der Waals surface area (Å²) in [6.45, 7) is 8.60. The van der Waals surface area contributed by atoms with Gasteiger partial charge in [0.25, 0.3) is 0 Å². The highest BCUT2D eigenvalue weighted by Gasteiger charge is 2.22. The Morgan fingerprint density at radius 3 is 1.17 bits per heavy atom. The zero-order valence-electron chi connectivity index (χ0n) is 8.72. The standard InChI is InChI=1S/C10H22O2/c1-9(2,7-11)5-6-10(3,4)8-12/h11-12H,5-8H2,1-4H3. The van der Waals surface area contributed by atoms with Crippen LogP contribution in [0.3, 0.4) is 0 Å². The van der Waals surface area contributed by atoms with E-state index in [-0.39, 0.29) is 24.0 Å². The summed E-state index contributed by atoms with van der Waals surface area (Å²) in [5, 5.41) is 18.0. The van der Waals surface area contributed by atoms with Gasteiger partial charge in [0.1, 0.15) is 0 Å². The van der Waals surface area contributed by atoms with Gasteiger partial charge in [-0.15, -0.1) is 0 Å². The lowest BCUT2D eigenvalue weighted by Gasteiger charge is -2.28. The van der Waals surface area contributed by atoms with Gasteiger partial charge in [0.2, 0.25) is 0 Å². The van der Waals surface area contributed by atoms with E-state index in [9.17, 15) is 0 Å². The minimum atomic E-state index is -0.00750. The molecule has 0 aliphatic rings. The molecule has 2 N–H and O–H groups in total. The molecule has 0 unspecified atom stereocenters. The quantitative estimate of drug-likeness (QED) is 0.667. The Balaban J connectivity index is 3.82. The summed E-state index contributed by atoms with van der Waals surface area (Å²) in [5.74, 6) is 0. The molecule has 12 heavy (non-hydrogen) atoms. The molecule has 74 valence electrons. The molecule has 0 saturated carbocycles. The van der Waals surface area contributed by atoms with Crippen LogP contribution < -0.4 is 0 Å². The first-order valence-electron chi connectivity index (χ1n) is 4.55. The summed E-state index contributed by atoms with van der Waals surface area (Å²) in [6.07, 6.45) is 1.91. The number of aliphatic hydroxyl groups is 2. The van der Waals surface area contributed by atoms with Crippen molar-refractivity contribution in [3.8, 4) is 0 Å². The topological polar surface area (TPSA) is 40.5 Å². The molecule has 0 aliphatic carbocycles. The Hall–Kier alpha value is -0.0800. The summed E-state index contributed by atoms with van der Waals surface area (Å²) in [7, 11) is 0. The molecule has 0 aromatic rings. The molecule has 0 aliphatic heterocycles. The van der Waals surface area contributed by atoms with Crippen molar-refractivity contribution < 1.29 is 10.2 Å². The molecular formula is C10H22O2. The number of hydrogen-bond acceptors (Lipinski definition) is 2. The summed E-state index contributed by atoms with van der Waals surface area (Å²) >= 11 is 0. The zero-order valence-corrected chi connectivity index (χ0v) is 8.72. The van der Waals surface area contributed by atoms with Crippen molar-refractivity contribution in [2.45, 2.75) is 40.5 Å². The number of hydrogen-bond donors (Lipinski definition) is 2. The molecule has 0 saturated heterocycles. The van der Waals surface area contributed by atoms with E-state index in [0.717, 1.165) is 12.8 Å². The van der Waals surface area contributed by atoms with Gasteiger partial charge in [-0.05, 0) is 23.7 Å². The number of aliphatic hydroxyl groups excluding tert-OH is 2. The third-order valence-corrected chi connectivity index (χ3v) is 2.33. The second kappa shape index (κ2) is 4.24. The first-order chi connectivity index (χ1) is 5.33. The van der Waals surface area contributed by atoms with Crippen LogP contribution in [0.1, 0.15) is 40.5 Å². The molecule has 0 fully saturated rings. The van der Waals surface area contributed by atoms with Crippen LogP contribution in [0.2, 0.25) is 0 Å². The fraction of sp³-hybridized carbons (Fsp3) is 1.00. The van der Waals surface area contributed by atoms with Crippen molar-refractivity contribution in [2.75, 3.05) is 13.2 Å². The van der Waals surface area contributed by atoms with E-state index in [2.05, 4.69) is 0 Å². The van der Waals surface area contributed by atoms with E-state index in [1.807, 2.05) is 27.7 Å². The first kappa shape index (κ1) is 11.9. The van der Waals surface area contributed by atoms with E-state index in [4.69, 9.17) is 10.2 Å². The average Bonchev–Trinajstić information content (AvgIpc) is 2.02. The van der Waals surface area contributed by atoms with Gasteiger partial charge in [-0.3, -0.25) is 0 Å². The average molecular weight is 174 g/mol. The monoisotopic (exact) mass is 174 g/mol. The second-order valence-corrected chi connectivity index (χ2v) is 5.14. The van der Waals surface area contributed by atoms with Gasteiger partial charge in [-0.25, -0.2) is 0 Å². The smallest absolute Gasteiger partial charge is 0.0482 e. The van der Waals surface area contributed by atoms with Crippen LogP contribution in [-0.4, -0.2) is 23.4 Å². The fourth-order valence-electron chi connectivity index (χ4n) is 0.835. The molecule has 0 aromatic carbocycles. The normalized spacial score (nSPS) is 13.5. The summed E-state index contributed by atoms with van der Waals surface area (Å²) in [6, 6.07) is 0. The van der Waals surface area contributed by atoms with Crippen LogP contribution in [0.5, 0.6) is 0 Å². The molecular weight excluding hydrogens is 152 g/mol. The summed E-state index contributed by atoms with van der Waals surface area (Å²) in [4.78, 5) is 0. The van der Waals surface area contributed by atoms with Crippen LogP contribution in [0.25, 0.3) is 0 Å². The minimum Gasteiger partial charge on any atom is -0.396 e. The molecule has 2 heteroatoms. The van der Waals surface area contributed by atoms with Crippen LogP contribution in [-0.2, 0) is 0 Å². The largest absolute Gasteiger partial charge is 0.396 e. The highest BCUT2D eigenvalue weighted by molar-refractivity contribution is 4.74. The van der Waals surface area contributed by atoms with Crippen LogP contribution in [0.15, 0.2) is 0 Å². The highest BCUT2D eigenvalue weighted by Crippen LogP contribution is 2.29. The first-order valence-corrected chi connectivity index (χ1v) is 4.55. The van der Waals surface area contributed by atoms with Crippen molar-refractivity contribution in [1.29, 1.82) is 0 Å². The third-order valence-electron chi connectivity index (χ3n) is 2.33. The van der Waals surface area contributed by atoms with Crippen LogP contribution in [0.4, 0.5) is 0 Å². The zero-order chi connectivity index (χ0) is 9.83. The lowest BCUT2D eigenvalue weighted by atomic mass is 9.80. The van der Waals surface area contributed by atoms with Gasteiger partial charge in [-0.1, -0.05) is 27.7 Å². The van der Waals surface area contributed by atoms with E-state index >= 15 is 0 Å². The Morgan fingerprint density at radius 2 is 1.00 bits per heavy atom. The molecule has 0 amide bonds. The molecule has 0 atom stereocenters. The molecule has 0 heterocycles. The molecule has 0 spiro atoms. The molecule has 0 bridgehead atoms. The van der Waals surface area contributed by atoms with Crippen molar-refractivity contribution in [2.24, 2.45) is 10.8 Å². The Morgan fingerprint density at radius 1 is 0.750 bits per heavy atom. The Kier molecular flexibility index (Phi) is 4.21. The predicted octanol–water partition coefficient (Wildman–Crippen LogP) is 1.80. The molecule has 0 aromatic heterocycles. The minimum absolute atomic E-state index is 0.00750. The maximum absolute atomic E-state index is 9.00. The van der Waals surface area contributed by atoms with Crippen molar-refractivity contribution in [1.82, 2.24) is 0 Å². The van der Waals surface area contributed by atoms with Crippen LogP contribution in [0, 0.1) is 10.8 Å². The van der Waals surface area contributed by atoms with Crippen molar-refractivity contribution in [3.05, 3.63) is 0 Å². The highest BCUT2D eigenvalue weighted by atomic mass is 16.3. The van der Waals surface area contributed by atoms with E-state index in [0.29, 0.717) is 0 Å². The van der Waals surface area contributed by atoms with Crippen molar-refractivity contribution >= 4 is 0 Å². The lowest BCUT2D eigenvalue weighted by molar-refractivity contribution is 0.101. The van der Waals surface area contributed by atoms with Gasteiger partial charge in [0.15, 0.2) is 0 Å². The predicted molar refractivity (Wildman–Crippen MR) is 51.0 cm³/mol. The van der Waals surface area contributed by atoms with Crippen LogP contribution >= 0.6 is 0 Å². The van der Waals surface area contributed by atoms with Gasteiger partial charge in [-0.2, -0.15) is 0 Å². The Labute approximate surface area is 75.6 Å². The molecule has 0 rings (SSSR count). The maximum Gasteiger partial charge on any atom is 0.0482 e. The molecule has 0 radical (unpaired) electrons. The summed E-state index contributed by atoms with van der Waals surface area (Å²) < 4.78 is 0. The number of rotatable bonds is 5.